The number of rotatable bonds is 8. The molecule has 2 heterocycles. The van der Waals surface area contributed by atoms with Crippen LogP contribution in [0.4, 0.5) is 0 Å². The molecule has 5 unspecified atom stereocenters. The molecule has 0 amide bonds. The minimum atomic E-state index is -2.54. The van der Waals surface area contributed by atoms with Crippen LogP contribution in [0, 0.1) is 39.5 Å². The van der Waals surface area contributed by atoms with Gasteiger partial charge in [-0.3, -0.25) is 0 Å². The van der Waals surface area contributed by atoms with Crippen molar-refractivity contribution in [2.24, 2.45) is 16.6 Å². The molecule has 5 atom stereocenters. The van der Waals surface area contributed by atoms with E-state index < -0.39 is 18.6 Å². The summed E-state index contributed by atoms with van der Waals surface area (Å²) in [5, 5.41) is 4.54. The van der Waals surface area contributed by atoms with Crippen LogP contribution in [0.2, 0.25) is 0 Å². The third kappa shape index (κ3) is 5.28. The van der Waals surface area contributed by atoms with Crippen molar-refractivity contribution in [3.05, 3.63) is 142 Å². The van der Waals surface area contributed by atoms with E-state index in [0.29, 0.717) is 11.8 Å². The third-order valence-electron chi connectivity index (χ3n) is 11.5. The highest BCUT2D eigenvalue weighted by atomic mass is 31.2. The second-order valence-corrected chi connectivity index (χ2v) is 17.4. The van der Waals surface area contributed by atoms with Crippen molar-refractivity contribution < 1.29 is 0 Å². The van der Waals surface area contributed by atoms with Gasteiger partial charge in [0.05, 0.1) is 11.6 Å². The van der Waals surface area contributed by atoms with Crippen LogP contribution in [0.15, 0.2) is 102 Å². The first-order valence-electron chi connectivity index (χ1n) is 17.6. The average Bonchev–Trinajstić information content (AvgIpc) is 3.49. The second kappa shape index (κ2) is 12.8. The quantitative estimate of drug-likeness (QED) is 0.193. The van der Waals surface area contributed by atoms with E-state index in [1.807, 2.05) is 0 Å². The van der Waals surface area contributed by atoms with Gasteiger partial charge in [-0.25, -0.2) is 19.2 Å². The molecule has 248 valence electrons. The lowest BCUT2D eigenvalue weighted by atomic mass is 9.72. The summed E-state index contributed by atoms with van der Waals surface area (Å²) in [5.74, 6) is 0.811. The predicted octanol–water partition coefficient (Wildman–Crippen LogP) is 10.4. The minimum Gasteiger partial charge on any atom is -0.244 e. The Kier molecular flexibility index (Phi) is 9.22. The van der Waals surface area contributed by atoms with E-state index in [0.717, 1.165) is 12.8 Å². The van der Waals surface area contributed by atoms with Crippen LogP contribution >= 0.6 is 7.51 Å². The zero-order valence-corrected chi connectivity index (χ0v) is 31.1. The zero-order valence-electron chi connectivity index (χ0n) is 30.3. The first kappa shape index (κ1) is 33.9. The van der Waals surface area contributed by atoms with E-state index in [-0.39, 0.29) is 12.1 Å². The van der Waals surface area contributed by atoms with E-state index >= 15 is 0 Å². The van der Waals surface area contributed by atoms with Crippen molar-refractivity contribution >= 4 is 7.51 Å². The highest BCUT2D eigenvalue weighted by molar-refractivity contribution is 7.60. The van der Waals surface area contributed by atoms with Gasteiger partial charge in [0.15, 0.2) is 7.51 Å². The van der Waals surface area contributed by atoms with Gasteiger partial charge >= 0.3 is 0 Å². The Morgan fingerprint density at radius 3 is 1.26 bits per heavy atom. The molecule has 4 aromatic carbocycles. The molecule has 1 N–H and O–H groups in total. The number of nitrogens with zero attached hydrogens (tertiary/aromatic N) is 3. The fourth-order valence-corrected chi connectivity index (χ4v) is 12.8. The SMILES string of the molecule is CCC(C)C1N(C)P2(=NC1(c1ccc(C)cc1)c1ccc(C)cc1)NC(c1ccc(C)cc1)(c1ccc(C)cc1)C(C(C)CC)N2C. The molecule has 1 saturated heterocycles. The fourth-order valence-electron chi connectivity index (χ4n) is 8.56. The largest absolute Gasteiger partial charge is 0.244 e. The smallest absolute Gasteiger partial charge is 0.167 e. The van der Waals surface area contributed by atoms with Crippen LogP contribution in [0.25, 0.3) is 0 Å². The first-order chi connectivity index (χ1) is 22.4. The first-order valence-corrected chi connectivity index (χ1v) is 19.3. The lowest BCUT2D eigenvalue weighted by Gasteiger charge is -2.41. The Balaban J connectivity index is 1.73. The summed E-state index contributed by atoms with van der Waals surface area (Å²) in [6.45, 7) is 18.3. The van der Waals surface area contributed by atoms with Crippen molar-refractivity contribution in [2.75, 3.05) is 14.1 Å². The monoisotopic (exact) mass is 646 g/mol. The maximum atomic E-state index is 6.36. The molecule has 5 heteroatoms. The number of nitrogens with one attached hydrogen (secondary N) is 1. The van der Waals surface area contributed by atoms with Crippen molar-refractivity contribution in [1.82, 2.24) is 14.4 Å². The van der Waals surface area contributed by atoms with Gasteiger partial charge in [-0.1, -0.05) is 160 Å². The van der Waals surface area contributed by atoms with E-state index in [1.54, 1.807) is 0 Å². The van der Waals surface area contributed by atoms with Crippen LogP contribution in [-0.2, 0) is 11.1 Å². The molecular weight excluding hydrogens is 591 g/mol. The van der Waals surface area contributed by atoms with Gasteiger partial charge in [-0.2, -0.15) is 0 Å². The van der Waals surface area contributed by atoms with Gasteiger partial charge in [-0.15, -0.1) is 0 Å². The highest BCUT2D eigenvalue weighted by Crippen LogP contribution is 2.73. The molecule has 1 spiro atoms. The van der Waals surface area contributed by atoms with Crippen molar-refractivity contribution in [1.29, 1.82) is 0 Å². The summed E-state index contributed by atoms with van der Waals surface area (Å²) >= 11 is 0. The van der Waals surface area contributed by atoms with Gasteiger partial charge in [-0.05, 0) is 75.9 Å². The van der Waals surface area contributed by atoms with Crippen LogP contribution in [-0.4, -0.2) is 35.5 Å². The van der Waals surface area contributed by atoms with E-state index in [9.17, 15) is 0 Å². The molecule has 4 aromatic rings. The van der Waals surface area contributed by atoms with Gasteiger partial charge < -0.3 is 0 Å². The number of aryl methyl sites for hydroxylation is 4. The lowest BCUT2D eigenvalue weighted by molar-refractivity contribution is 0.201. The minimum absolute atomic E-state index is 0.158. The lowest BCUT2D eigenvalue weighted by Crippen LogP contribution is -2.50. The molecule has 2 aliphatic heterocycles. The Morgan fingerprint density at radius 1 is 0.574 bits per heavy atom. The van der Waals surface area contributed by atoms with Crippen LogP contribution in [0.1, 0.15) is 85.0 Å². The highest BCUT2D eigenvalue weighted by Gasteiger charge is 2.65. The molecule has 0 saturated carbocycles. The topological polar surface area (TPSA) is 30.9 Å². The zero-order chi connectivity index (χ0) is 33.7. The summed E-state index contributed by atoms with van der Waals surface area (Å²) < 4.78 is 11.8. The summed E-state index contributed by atoms with van der Waals surface area (Å²) in [6.07, 6.45) is 2.15. The van der Waals surface area contributed by atoms with E-state index in [2.05, 4.69) is 181 Å². The third-order valence-corrected chi connectivity index (χ3v) is 15.0. The normalized spacial score (nSPS) is 25.1. The second-order valence-electron chi connectivity index (χ2n) is 14.6. The van der Waals surface area contributed by atoms with Gasteiger partial charge in [0.25, 0.3) is 0 Å². The van der Waals surface area contributed by atoms with Gasteiger partial charge in [0.2, 0.25) is 0 Å². The Morgan fingerprint density at radius 2 is 0.894 bits per heavy atom. The molecule has 6 rings (SSSR count). The van der Waals surface area contributed by atoms with Crippen molar-refractivity contribution in [2.45, 2.75) is 91.4 Å². The molecule has 47 heavy (non-hydrogen) atoms. The Hall–Kier alpha value is -3.01. The van der Waals surface area contributed by atoms with Gasteiger partial charge in [0, 0.05) is 6.04 Å². The maximum Gasteiger partial charge on any atom is 0.167 e. The standard InChI is InChI=1S/C42H55N4P/c1-11-33(7)39-41(35-21-13-29(3)14-22-35,36-23-15-30(4)16-24-36)43-47(45(39)9)44-42(37-25-17-31(5)18-26-37,38-27-19-32(6)20-28-38)40(46(47)10)34(8)12-2/h13-28,33-34,39-40,43H,11-12H2,1-10H3. The Labute approximate surface area is 284 Å². The average molecular weight is 647 g/mol. The van der Waals surface area contributed by atoms with E-state index in [1.165, 1.54) is 44.5 Å². The van der Waals surface area contributed by atoms with Crippen molar-refractivity contribution in [3.8, 4) is 0 Å². The van der Waals surface area contributed by atoms with Crippen molar-refractivity contribution in [3.63, 3.8) is 0 Å². The fraction of sp³-hybridized carbons (Fsp3) is 0.429. The summed E-state index contributed by atoms with van der Waals surface area (Å²) in [7, 11) is 2.20. The molecular formula is C42H55N4P. The van der Waals surface area contributed by atoms with Crippen LogP contribution in [0.5, 0.6) is 0 Å². The number of hydrogen-bond acceptors (Lipinski definition) is 4. The molecule has 1 fully saturated rings. The summed E-state index contributed by atoms with van der Waals surface area (Å²) in [6, 6.07) is 37.4. The molecule has 0 radical (unpaired) electrons. The van der Waals surface area contributed by atoms with E-state index in [4.69, 9.17) is 4.74 Å². The number of hydrogen-bond donors (Lipinski definition) is 1. The summed E-state index contributed by atoms with van der Waals surface area (Å²) in [5.41, 5.74) is 9.29. The molecule has 2 aliphatic rings. The number of likely N-dealkylation sites (N-methyl/N-ethyl adjacent to an activating group) is 2. The van der Waals surface area contributed by atoms with Crippen LogP contribution in [0.3, 0.4) is 0 Å². The predicted molar refractivity (Wildman–Crippen MR) is 201 cm³/mol. The van der Waals surface area contributed by atoms with Crippen LogP contribution < -0.4 is 5.09 Å². The molecule has 4 nitrogen and oxygen atoms in total. The van der Waals surface area contributed by atoms with Gasteiger partial charge in [0.1, 0.15) is 5.54 Å². The maximum absolute atomic E-state index is 6.36. The number of benzene rings is 4. The Bertz CT molecular complexity index is 1650. The summed E-state index contributed by atoms with van der Waals surface area (Å²) in [4.78, 5) is 0. The molecule has 0 bridgehead atoms. The molecule has 0 aromatic heterocycles. The molecule has 0 aliphatic carbocycles.